The Bertz CT molecular complexity index is 496. The van der Waals surface area contributed by atoms with Gasteiger partial charge in [0.1, 0.15) is 17.6 Å². The Morgan fingerprint density at radius 1 is 1.58 bits per heavy atom. The van der Waals surface area contributed by atoms with Crippen molar-refractivity contribution in [2.75, 3.05) is 6.61 Å². The van der Waals surface area contributed by atoms with Gasteiger partial charge in [0, 0.05) is 0 Å². The topological polar surface area (TPSA) is 72.5 Å². The normalized spacial score (nSPS) is 13.2. The third-order valence-corrected chi connectivity index (χ3v) is 2.67. The van der Waals surface area contributed by atoms with Gasteiger partial charge in [-0.3, -0.25) is 0 Å². The first-order valence-corrected chi connectivity index (χ1v) is 5.58. The molecular formula is C11H11ClF3NO3. The number of carbonyl (C=O) groups is 1. The van der Waals surface area contributed by atoms with Crippen molar-refractivity contribution in [2.24, 2.45) is 5.73 Å². The van der Waals surface area contributed by atoms with Crippen LogP contribution in [0.1, 0.15) is 18.5 Å². The number of rotatable bonds is 4. The van der Waals surface area contributed by atoms with Gasteiger partial charge in [0.05, 0.1) is 17.2 Å². The minimum Gasteiger partial charge on any atom is -0.506 e. The fraction of sp³-hybridized carbons (Fsp3) is 0.364. The SMILES string of the molecule is CCOC(=O)C(F)(F)[C@@H](N)c1c(F)ccc(Cl)c1O. The zero-order valence-corrected chi connectivity index (χ0v) is 10.5. The molecule has 1 aromatic carbocycles. The molecule has 0 radical (unpaired) electrons. The van der Waals surface area contributed by atoms with E-state index in [-0.39, 0.29) is 11.6 Å². The number of ether oxygens (including phenoxy) is 1. The number of esters is 1. The van der Waals surface area contributed by atoms with E-state index < -0.39 is 35.1 Å². The summed E-state index contributed by atoms with van der Waals surface area (Å²) in [4.78, 5) is 11.1. The number of halogens is 4. The summed E-state index contributed by atoms with van der Waals surface area (Å²) in [5.41, 5.74) is 4.23. The summed E-state index contributed by atoms with van der Waals surface area (Å²) in [6.07, 6.45) is 0. The van der Waals surface area contributed by atoms with Crippen molar-refractivity contribution in [3.05, 3.63) is 28.5 Å². The Morgan fingerprint density at radius 3 is 2.68 bits per heavy atom. The predicted molar refractivity (Wildman–Crippen MR) is 61.6 cm³/mol. The van der Waals surface area contributed by atoms with Gasteiger partial charge >= 0.3 is 11.9 Å². The summed E-state index contributed by atoms with van der Waals surface area (Å²) in [6.45, 7) is 1.04. The van der Waals surface area contributed by atoms with Crippen LogP contribution in [0, 0.1) is 5.82 Å². The second kappa shape index (κ2) is 5.66. The molecule has 8 heteroatoms. The van der Waals surface area contributed by atoms with E-state index in [0.29, 0.717) is 0 Å². The van der Waals surface area contributed by atoms with Gasteiger partial charge in [-0.15, -0.1) is 0 Å². The highest BCUT2D eigenvalue weighted by atomic mass is 35.5. The molecule has 0 heterocycles. The Balaban J connectivity index is 3.23. The monoisotopic (exact) mass is 297 g/mol. The largest absolute Gasteiger partial charge is 0.506 e. The van der Waals surface area contributed by atoms with Crippen molar-refractivity contribution < 1.29 is 27.8 Å². The molecule has 0 aliphatic rings. The zero-order chi connectivity index (χ0) is 14.8. The Hall–Kier alpha value is -1.47. The molecule has 0 bridgehead atoms. The minimum atomic E-state index is -4.20. The Labute approximate surface area is 111 Å². The van der Waals surface area contributed by atoms with E-state index in [9.17, 15) is 23.1 Å². The molecular weight excluding hydrogens is 287 g/mol. The van der Waals surface area contributed by atoms with E-state index in [2.05, 4.69) is 4.74 Å². The molecule has 0 amide bonds. The number of hydrogen-bond acceptors (Lipinski definition) is 4. The minimum absolute atomic E-state index is 0.287. The molecule has 0 saturated heterocycles. The first-order valence-electron chi connectivity index (χ1n) is 5.20. The van der Waals surface area contributed by atoms with E-state index >= 15 is 0 Å². The van der Waals surface area contributed by atoms with E-state index in [1.165, 1.54) is 6.92 Å². The van der Waals surface area contributed by atoms with Crippen molar-refractivity contribution >= 4 is 17.6 Å². The van der Waals surface area contributed by atoms with Crippen LogP contribution in [0.3, 0.4) is 0 Å². The summed E-state index contributed by atoms with van der Waals surface area (Å²) in [5.74, 6) is -8.23. The van der Waals surface area contributed by atoms with Crippen LogP contribution < -0.4 is 5.73 Å². The number of aromatic hydroxyl groups is 1. The van der Waals surface area contributed by atoms with E-state index in [1.54, 1.807) is 0 Å². The van der Waals surface area contributed by atoms with Gasteiger partial charge in [-0.25, -0.2) is 9.18 Å². The number of hydrogen-bond donors (Lipinski definition) is 2. The molecule has 1 rings (SSSR count). The van der Waals surface area contributed by atoms with Crippen LogP contribution in [-0.2, 0) is 9.53 Å². The number of carbonyl (C=O) groups excluding carboxylic acids is 1. The van der Waals surface area contributed by atoms with Gasteiger partial charge in [0.2, 0.25) is 0 Å². The van der Waals surface area contributed by atoms with Crippen LogP contribution in [0.5, 0.6) is 5.75 Å². The molecule has 3 N–H and O–H groups in total. The first-order chi connectivity index (χ1) is 8.73. The Morgan fingerprint density at radius 2 is 2.16 bits per heavy atom. The molecule has 106 valence electrons. The maximum absolute atomic E-state index is 13.7. The van der Waals surface area contributed by atoms with Gasteiger partial charge in [-0.2, -0.15) is 8.78 Å². The van der Waals surface area contributed by atoms with Crippen molar-refractivity contribution in [1.29, 1.82) is 0 Å². The lowest BCUT2D eigenvalue weighted by molar-refractivity contribution is -0.175. The van der Waals surface area contributed by atoms with E-state index in [0.717, 1.165) is 12.1 Å². The molecule has 0 spiro atoms. The van der Waals surface area contributed by atoms with Crippen molar-refractivity contribution in [3.63, 3.8) is 0 Å². The highest BCUT2D eigenvalue weighted by molar-refractivity contribution is 6.32. The average Bonchev–Trinajstić information content (AvgIpc) is 2.34. The molecule has 0 unspecified atom stereocenters. The molecule has 0 aliphatic heterocycles. The van der Waals surface area contributed by atoms with Gasteiger partial charge in [-0.1, -0.05) is 11.6 Å². The van der Waals surface area contributed by atoms with Crippen LogP contribution in [0.2, 0.25) is 5.02 Å². The molecule has 0 aliphatic carbocycles. The van der Waals surface area contributed by atoms with Gasteiger partial charge in [-0.05, 0) is 19.1 Å². The van der Waals surface area contributed by atoms with Crippen LogP contribution in [0.25, 0.3) is 0 Å². The number of alkyl halides is 2. The first kappa shape index (κ1) is 15.6. The van der Waals surface area contributed by atoms with Crippen LogP contribution >= 0.6 is 11.6 Å². The molecule has 4 nitrogen and oxygen atoms in total. The summed E-state index contributed by atoms with van der Waals surface area (Å²) < 4.78 is 44.9. The number of nitrogens with two attached hydrogens (primary N) is 1. The highest BCUT2D eigenvalue weighted by Crippen LogP contribution is 2.39. The second-order valence-corrected chi connectivity index (χ2v) is 4.02. The predicted octanol–water partition coefficient (Wildman–Crippen LogP) is 2.38. The summed E-state index contributed by atoms with van der Waals surface area (Å²) in [7, 11) is 0. The molecule has 0 aromatic heterocycles. The Kier molecular flexibility index (Phi) is 4.65. The molecule has 0 saturated carbocycles. The number of phenols is 1. The average molecular weight is 298 g/mol. The second-order valence-electron chi connectivity index (χ2n) is 3.61. The summed E-state index contributed by atoms with van der Waals surface area (Å²) in [6, 6.07) is -0.672. The molecule has 19 heavy (non-hydrogen) atoms. The standard InChI is InChI=1S/C11H11ClF3NO3/c1-2-19-10(18)11(14,15)9(16)7-6(13)4-3-5(12)8(7)17/h3-4,9,17H,2,16H2,1H3/t9-/m0/s1. The fourth-order valence-electron chi connectivity index (χ4n) is 1.39. The van der Waals surface area contributed by atoms with Crippen LogP contribution in [0.15, 0.2) is 12.1 Å². The maximum atomic E-state index is 13.7. The van der Waals surface area contributed by atoms with Gasteiger partial charge in [0.25, 0.3) is 0 Å². The quantitative estimate of drug-likeness (QED) is 0.837. The fourth-order valence-corrected chi connectivity index (χ4v) is 1.55. The van der Waals surface area contributed by atoms with Crippen molar-refractivity contribution in [3.8, 4) is 5.75 Å². The van der Waals surface area contributed by atoms with Crippen molar-refractivity contribution in [1.82, 2.24) is 0 Å². The van der Waals surface area contributed by atoms with E-state index in [4.69, 9.17) is 17.3 Å². The number of phenolic OH excluding ortho intramolecular Hbond substituents is 1. The van der Waals surface area contributed by atoms with Crippen molar-refractivity contribution in [2.45, 2.75) is 18.9 Å². The van der Waals surface area contributed by atoms with Crippen LogP contribution in [0.4, 0.5) is 13.2 Å². The molecule has 0 fully saturated rings. The summed E-state index contributed by atoms with van der Waals surface area (Å²) >= 11 is 5.49. The zero-order valence-electron chi connectivity index (χ0n) is 9.79. The third-order valence-electron chi connectivity index (χ3n) is 2.36. The highest BCUT2D eigenvalue weighted by Gasteiger charge is 2.49. The van der Waals surface area contributed by atoms with Crippen LogP contribution in [-0.4, -0.2) is 23.6 Å². The summed E-state index contributed by atoms with van der Waals surface area (Å²) in [5, 5.41) is 9.13. The third kappa shape index (κ3) is 2.93. The molecule has 1 aromatic rings. The lowest BCUT2D eigenvalue weighted by atomic mass is 9.99. The smallest absolute Gasteiger partial charge is 0.379 e. The maximum Gasteiger partial charge on any atom is 0.379 e. The van der Waals surface area contributed by atoms with E-state index in [1.807, 2.05) is 0 Å². The lowest BCUT2D eigenvalue weighted by Crippen LogP contribution is -2.42. The number of benzene rings is 1. The molecule has 1 atom stereocenters. The van der Waals surface area contributed by atoms with Gasteiger partial charge < -0.3 is 15.6 Å². The van der Waals surface area contributed by atoms with Gasteiger partial charge in [0.15, 0.2) is 0 Å². The lowest BCUT2D eigenvalue weighted by Gasteiger charge is -2.23.